The molecular weight excluding hydrogens is 332 g/mol. The minimum absolute atomic E-state index is 0.0105. The van der Waals surface area contributed by atoms with Crippen molar-refractivity contribution in [2.75, 3.05) is 13.1 Å². The number of likely N-dealkylation sites (tertiary alicyclic amines) is 1. The molecule has 0 bridgehead atoms. The Bertz CT molecular complexity index is 573. The third-order valence-corrected chi connectivity index (χ3v) is 5.17. The van der Waals surface area contributed by atoms with E-state index in [9.17, 15) is 9.59 Å². The predicted octanol–water partition coefficient (Wildman–Crippen LogP) is 3.71. The van der Waals surface area contributed by atoms with E-state index in [0.717, 1.165) is 24.1 Å². The van der Waals surface area contributed by atoms with Crippen molar-refractivity contribution >= 4 is 34.8 Å². The number of thiophene rings is 1. The fourth-order valence-electron chi connectivity index (χ4n) is 2.90. The summed E-state index contributed by atoms with van der Waals surface area (Å²) in [5.41, 5.74) is 0. The summed E-state index contributed by atoms with van der Waals surface area (Å²) in [5, 5.41) is 0. The van der Waals surface area contributed by atoms with E-state index in [1.165, 1.54) is 11.3 Å². The van der Waals surface area contributed by atoms with E-state index in [1.54, 1.807) is 15.9 Å². The van der Waals surface area contributed by atoms with Crippen LogP contribution < -0.4 is 0 Å². The first-order valence-electron chi connectivity index (χ1n) is 8.00. The average molecular weight is 355 g/mol. The summed E-state index contributed by atoms with van der Waals surface area (Å²) in [6.07, 6.45) is 4.66. The molecule has 126 valence electrons. The van der Waals surface area contributed by atoms with Gasteiger partial charge in [-0.3, -0.25) is 9.59 Å². The Morgan fingerprint density at radius 1 is 1.52 bits per heavy atom. The maximum atomic E-state index is 12.9. The molecule has 0 N–H and O–H groups in total. The Balaban J connectivity index is 2.09. The summed E-state index contributed by atoms with van der Waals surface area (Å²) in [4.78, 5) is 29.7. The minimum Gasteiger partial charge on any atom is -0.332 e. The van der Waals surface area contributed by atoms with Crippen molar-refractivity contribution < 1.29 is 9.59 Å². The Hall–Kier alpha value is -1.33. The van der Waals surface area contributed by atoms with Crippen LogP contribution >= 0.6 is 22.9 Å². The lowest BCUT2D eigenvalue weighted by atomic mass is 10.1. The van der Waals surface area contributed by atoms with Crippen molar-refractivity contribution in [2.45, 2.75) is 45.2 Å². The monoisotopic (exact) mass is 354 g/mol. The molecule has 2 rings (SSSR count). The predicted molar refractivity (Wildman–Crippen MR) is 94.6 cm³/mol. The summed E-state index contributed by atoms with van der Waals surface area (Å²) in [5.74, 6) is 0.0949. The van der Waals surface area contributed by atoms with Gasteiger partial charge in [0.25, 0.3) is 0 Å². The van der Waals surface area contributed by atoms with Crippen molar-refractivity contribution in [3.8, 4) is 0 Å². The second-order valence-corrected chi connectivity index (χ2v) is 7.51. The van der Waals surface area contributed by atoms with Gasteiger partial charge in [0.2, 0.25) is 11.8 Å². The average Bonchev–Trinajstić information content (AvgIpc) is 3.15. The van der Waals surface area contributed by atoms with Crippen molar-refractivity contribution in [1.82, 2.24) is 9.80 Å². The molecule has 1 fully saturated rings. The van der Waals surface area contributed by atoms with E-state index in [4.69, 9.17) is 11.6 Å². The van der Waals surface area contributed by atoms with Gasteiger partial charge >= 0.3 is 0 Å². The van der Waals surface area contributed by atoms with E-state index < -0.39 is 0 Å². The third kappa shape index (κ3) is 4.58. The van der Waals surface area contributed by atoms with Crippen LogP contribution in [0.1, 0.15) is 37.5 Å². The third-order valence-electron chi connectivity index (χ3n) is 3.96. The highest BCUT2D eigenvalue weighted by Gasteiger charge is 2.35. The van der Waals surface area contributed by atoms with Gasteiger partial charge in [-0.1, -0.05) is 24.6 Å². The van der Waals surface area contributed by atoms with Gasteiger partial charge in [0, 0.05) is 24.4 Å². The van der Waals surface area contributed by atoms with Gasteiger partial charge in [0.15, 0.2) is 0 Å². The van der Waals surface area contributed by atoms with E-state index >= 15 is 0 Å². The lowest BCUT2D eigenvalue weighted by Gasteiger charge is -2.29. The number of carbonyl (C=O) groups excluding carboxylic acids is 2. The first kappa shape index (κ1) is 18.0. The number of hydrogen-bond acceptors (Lipinski definition) is 3. The number of carbonyl (C=O) groups is 2. The van der Waals surface area contributed by atoms with Crippen LogP contribution in [-0.4, -0.2) is 40.7 Å². The molecule has 1 aliphatic heterocycles. The molecule has 1 aromatic heterocycles. The van der Waals surface area contributed by atoms with Crippen molar-refractivity contribution in [3.05, 3.63) is 34.0 Å². The highest BCUT2D eigenvalue weighted by molar-refractivity contribution is 7.16. The Labute approximate surface area is 146 Å². The molecule has 1 aliphatic rings. The maximum absolute atomic E-state index is 12.9. The summed E-state index contributed by atoms with van der Waals surface area (Å²) in [6.45, 7) is 7.39. The Kier molecular flexibility index (Phi) is 6.66. The molecule has 23 heavy (non-hydrogen) atoms. The normalized spacial score (nSPS) is 17.3. The first-order chi connectivity index (χ1) is 11.1. The van der Waals surface area contributed by atoms with Crippen LogP contribution in [0.2, 0.25) is 4.34 Å². The summed E-state index contributed by atoms with van der Waals surface area (Å²) in [6, 6.07) is 3.44. The fourth-order valence-corrected chi connectivity index (χ4v) is 4.01. The van der Waals surface area contributed by atoms with Gasteiger partial charge in [-0.25, -0.2) is 0 Å². The van der Waals surface area contributed by atoms with Crippen molar-refractivity contribution in [3.63, 3.8) is 0 Å². The highest BCUT2D eigenvalue weighted by atomic mass is 35.5. The highest BCUT2D eigenvalue weighted by Crippen LogP contribution is 2.25. The summed E-state index contributed by atoms with van der Waals surface area (Å²) >= 11 is 7.44. The maximum Gasteiger partial charge on any atom is 0.245 e. The molecule has 1 saturated heterocycles. The molecule has 0 aromatic carbocycles. The molecule has 1 unspecified atom stereocenters. The quantitative estimate of drug-likeness (QED) is 0.700. The first-order valence-corrected chi connectivity index (χ1v) is 9.19. The molecular formula is C17H23ClN2O2S. The molecule has 1 atom stereocenters. The zero-order chi connectivity index (χ0) is 16.8. The van der Waals surface area contributed by atoms with Crippen molar-refractivity contribution in [2.24, 2.45) is 0 Å². The van der Waals surface area contributed by atoms with Crippen LogP contribution in [0.4, 0.5) is 0 Å². The fraction of sp³-hybridized carbons (Fsp3) is 0.529. The second-order valence-electron chi connectivity index (χ2n) is 5.71. The Morgan fingerprint density at radius 3 is 2.91 bits per heavy atom. The van der Waals surface area contributed by atoms with E-state index in [0.29, 0.717) is 30.4 Å². The van der Waals surface area contributed by atoms with E-state index in [-0.39, 0.29) is 17.9 Å². The molecule has 4 nitrogen and oxygen atoms in total. The van der Waals surface area contributed by atoms with Crippen LogP contribution in [0.3, 0.4) is 0 Å². The zero-order valence-electron chi connectivity index (χ0n) is 13.5. The van der Waals surface area contributed by atoms with Crippen LogP contribution in [0.5, 0.6) is 0 Å². The largest absolute Gasteiger partial charge is 0.332 e. The van der Waals surface area contributed by atoms with Gasteiger partial charge in [0.1, 0.15) is 6.04 Å². The van der Waals surface area contributed by atoms with Crippen LogP contribution in [0.25, 0.3) is 0 Å². The smallest absolute Gasteiger partial charge is 0.245 e. The van der Waals surface area contributed by atoms with Crippen LogP contribution in [0.15, 0.2) is 24.8 Å². The number of amides is 2. The number of halogens is 1. The van der Waals surface area contributed by atoms with Gasteiger partial charge in [0.05, 0.1) is 10.9 Å². The molecule has 0 radical (unpaired) electrons. The van der Waals surface area contributed by atoms with Crippen molar-refractivity contribution in [1.29, 1.82) is 0 Å². The number of nitrogens with zero attached hydrogens (tertiary/aromatic N) is 2. The molecule has 0 saturated carbocycles. The minimum atomic E-state index is -0.329. The Morgan fingerprint density at radius 2 is 2.30 bits per heavy atom. The van der Waals surface area contributed by atoms with Crippen LogP contribution in [-0.2, 0) is 16.1 Å². The van der Waals surface area contributed by atoms with Gasteiger partial charge in [-0.15, -0.1) is 17.9 Å². The summed E-state index contributed by atoms with van der Waals surface area (Å²) in [7, 11) is 0. The van der Waals surface area contributed by atoms with E-state index in [1.807, 2.05) is 19.1 Å². The van der Waals surface area contributed by atoms with E-state index in [2.05, 4.69) is 6.58 Å². The number of rotatable bonds is 7. The molecule has 0 spiro atoms. The summed E-state index contributed by atoms with van der Waals surface area (Å²) < 4.78 is 0.714. The molecule has 6 heteroatoms. The van der Waals surface area contributed by atoms with Gasteiger partial charge in [-0.05, 0) is 31.4 Å². The lowest BCUT2D eigenvalue weighted by molar-refractivity contribution is -0.143. The molecule has 2 amide bonds. The zero-order valence-corrected chi connectivity index (χ0v) is 15.0. The van der Waals surface area contributed by atoms with Crippen LogP contribution in [0, 0.1) is 0 Å². The number of hydrogen-bond donors (Lipinski definition) is 0. The van der Waals surface area contributed by atoms with Gasteiger partial charge in [-0.2, -0.15) is 0 Å². The SMILES string of the molecule is C=CCN(Cc1ccc(Cl)s1)C(=O)C1CCCN1C(=O)CCC. The molecule has 2 heterocycles. The molecule has 1 aromatic rings. The lowest BCUT2D eigenvalue weighted by Crippen LogP contribution is -2.47. The van der Waals surface area contributed by atoms with Gasteiger partial charge < -0.3 is 9.80 Å². The topological polar surface area (TPSA) is 40.6 Å². The molecule has 0 aliphatic carbocycles. The second kappa shape index (κ2) is 8.50. The standard InChI is InChI=1S/C17H23ClN2O2S/c1-3-6-16(21)20-11-5-7-14(20)17(22)19(10-4-2)12-13-8-9-15(18)23-13/h4,8-9,14H,2-3,5-7,10-12H2,1H3.